The number of aromatic nitrogens is 1. The Labute approximate surface area is 80.9 Å². The minimum absolute atomic E-state index is 0.221. The molecule has 2 nitrogen and oxygen atoms in total. The molecule has 1 rings (SSSR count). The highest BCUT2D eigenvalue weighted by Crippen LogP contribution is 2.25. The molecule has 0 radical (unpaired) electrons. The second kappa shape index (κ2) is 3.95. The van der Waals surface area contributed by atoms with Crippen molar-refractivity contribution in [3.63, 3.8) is 0 Å². The SMILES string of the molecule is FC(F)(F)Oc1cccnc1CBr. The Hall–Kier alpha value is -0.780. The summed E-state index contributed by atoms with van der Waals surface area (Å²) in [5, 5.41) is 0.221. The summed E-state index contributed by atoms with van der Waals surface area (Å²) < 4.78 is 39.1. The van der Waals surface area contributed by atoms with Crippen LogP contribution in [0.25, 0.3) is 0 Å². The van der Waals surface area contributed by atoms with Crippen LogP contribution < -0.4 is 4.74 Å². The topological polar surface area (TPSA) is 22.1 Å². The van der Waals surface area contributed by atoms with Crippen molar-refractivity contribution >= 4 is 15.9 Å². The Morgan fingerprint density at radius 3 is 2.69 bits per heavy atom. The molecule has 0 aliphatic carbocycles. The molecule has 1 heterocycles. The zero-order valence-electron chi connectivity index (χ0n) is 6.31. The van der Waals surface area contributed by atoms with Crippen molar-refractivity contribution in [3.8, 4) is 5.75 Å². The highest BCUT2D eigenvalue weighted by Gasteiger charge is 2.32. The number of rotatable bonds is 2. The van der Waals surface area contributed by atoms with Gasteiger partial charge in [-0.2, -0.15) is 0 Å². The van der Waals surface area contributed by atoms with Crippen LogP contribution in [0.3, 0.4) is 0 Å². The number of hydrogen-bond donors (Lipinski definition) is 0. The first kappa shape index (κ1) is 10.3. The molecule has 0 N–H and O–H groups in total. The predicted molar refractivity (Wildman–Crippen MR) is 43.6 cm³/mol. The van der Waals surface area contributed by atoms with Gasteiger partial charge in [0, 0.05) is 11.5 Å². The molecule has 0 fully saturated rings. The van der Waals surface area contributed by atoms with Gasteiger partial charge >= 0.3 is 6.36 Å². The van der Waals surface area contributed by atoms with Crippen molar-refractivity contribution in [1.29, 1.82) is 0 Å². The molecule has 13 heavy (non-hydrogen) atoms. The molecule has 6 heteroatoms. The number of pyridine rings is 1. The van der Waals surface area contributed by atoms with E-state index in [-0.39, 0.29) is 16.8 Å². The number of ether oxygens (including phenoxy) is 1. The minimum atomic E-state index is -4.67. The third-order valence-electron chi connectivity index (χ3n) is 1.20. The fourth-order valence-corrected chi connectivity index (χ4v) is 1.16. The number of halogens is 4. The zero-order valence-corrected chi connectivity index (χ0v) is 7.89. The first-order valence-electron chi connectivity index (χ1n) is 3.28. The van der Waals surface area contributed by atoms with Crippen molar-refractivity contribution in [2.45, 2.75) is 11.7 Å². The average molecular weight is 256 g/mol. The van der Waals surface area contributed by atoms with Crippen LogP contribution >= 0.6 is 15.9 Å². The van der Waals surface area contributed by atoms with Crippen LogP contribution in [-0.2, 0) is 5.33 Å². The molecule has 0 saturated heterocycles. The summed E-state index contributed by atoms with van der Waals surface area (Å²) in [6.07, 6.45) is -3.26. The van der Waals surface area contributed by atoms with Crippen LogP contribution in [0.2, 0.25) is 0 Å². The summed E-state index contributed by atoms with van der Waals surface area (Å²) in [7, 11) is 0. The molecule has 0 bridgehead atoms. The van der Waals surface area contributed by atoms with Gasteiger partial charge in [-0.1, -0.05) is 15.9 Å². The van der Waals surface area contributed by atoms with E-state index in [2.05, 4.69) is 25.7 Å². The van der Waals surface area contributed by atoms with Gasteiger partial charge < -0.3 is 4.74 Å². The summed E-state index contributed by atoms with van der Waals surface area (Å²) in [6, 6.07) is 2.60. The van der Waals surface area contributed by atoms with E-state index in [0.29, 0.717) is 0 Å². The van der Waals surface area contributed by atoms with E-state index >= 15 is 0 Å². The molecule has 0 aliphatic rings. The average Bonchev–Trinajstić information content (AvgIpc) is 2.02. The van der Waals surface area contributed by atoms with Gasteiger partial charge in [0.05, 0.1) is 5.69 Å². The van der Waals surface area contributed by atoms with Crippen molar-refractivity contribution in [2.24, 2.45) is 0 Å². The molecule has 0 unspecified atom stereocenters. The van der Waals surface area contributed by atoms with Gasteiger partial charge in [-0.3, -0.25) is 4.98 Å². The molecule has 1 aromatic heterocycles. The van der Waals surface area contributed by atoms with Crippen LogP contribution in [-0.4, -0.2) is 11.3 Å². The maximum Gasteiger partial charge on any atom is 0.573 e. The maximum absolute atomic E-state index is 11.8. The lowest BCUT2D eigenvalue weighted by Gasteiger charge is -2.10. The van der Waals surface area contributed by atoms with E-state index < -0.39 is 6.36 Å². The van der Waals surface area contributed by atoms with Gasteiger partial charge in [0.1, 0.15) is 0 Å². The fraction of sp³-hybridized carbons (Fsp3) is 0.286. The number of hydrogen-bond acceptors (Lipinski definition) is 2. The third kappa shape index (κ3) is 3.22. The molecule has 72 valence electrons. The Morgan fingerprint density at radius 2 is 2.15 bits per heavy atom. The molecule has 0 spiro atoms. The first-order chi connectivity index (χ1) is 6.03. The Bertz CT molecular complexity index is 289. The van der Waals surface area contributed by atoms with E-state index in [0.717, 1.165) is 0 Å². The largest absolute Gasteiger partial charge is 0.573 e. The Balaban J connectivity index is 2.87. The van der Waals surface area contributed by atoms with Crippen molar-refractivity contribution in [2.75, 3.05) is 0 Å². The monoisotopic (exact) mass is 255 g/mol. The van der Waals surface area contributed by atoms with Gasteiger partial charge in [0.2, 0.25) is 0 Å². The zero-order chi connectivity index (χ0) is 9.90. The molecule has 0 amide bonds. The highest BCUT2D eigenvalue weighted by molar-refractivity contribution is 9.08. The van der Waals surface area contributed by atoms with E-state index in [1.807, 2.05) is 0 Å². The van der Waals surface area contributed by atoms with Crippen LogP contribution in [0.4, 0.5) is 13.2 Å². The van der Waals surface area contributed by atoms with Gasteiger partial charge in [-0.25, -0.2) is 0 Å². The Morgan fingerprint density at radius 1 is 1.46 bits per heavy atom. The summed E-state index contributed by atoms with van der Waals surface area (Å²) in [5.74, 6) is -0.271. The van der Waals surface area contributed by atoms with Crippen LogP contribution in [0, 0.1) is 0 Å². The molecular weight excluding hydrogens is 251 g/mol. The smallest absolute Gasteiger partial charge is 0.404 e. The van der Waals surface area contributed by atoms with E-state index in [9.17, 15) is 13.2 Å². The third-order valence-corrected chi connectivity index (χ3v) is 1.73. The standard InChI is InChI=1S/C7H5BrF3NO/c8-4-5-6(2-1-3-12-5)13-7(9,10)11/h1-3H,4H2. The van der Waals surface area contributed by atoms with E-state index in [1.165, 1.54) is 18.3 Å². The van der Waals surface area contributed by atoms with Crippen LogP contribution in [0.15, 0.2) is 18.3 Å². The number of nitrogens with zero attached hydrogens (tertiary/aromatic N) is 1. The molecule has 1 aromatic rings. The lowest BCUT2D eigenvalue weighted by molar-refractivity contribution is -0.275. The normalized spacial score (nSPS) is 11.4. The fourth-order valence-electron chi connectivity index (χ4n) is 0.741. The molecule has 0 aromatic carbocycles. The minimum Gasteiger partial charge on any atom is -0.404 e. The van der Waals surface area contributed by atoms with E-state index in [4.69, 9.17) is 0 Å². The van der Waals surface area contributed by atoms with Gasteiger partial charge in [-0.05, 0) is 12.1 Å². The molecule has 0 saturated carbocycles. The van der Waals surface area contributed by atoms with Gasteiger partial charge in [-0.15, -0.1) is 13.2 Å². The summed E-state index contributed by atoms with van der Waals surface area (Å²) in [4.78, 5) is 3.71. The molecule has 0 aliphatic heterocycles. The van der Waals surface area contributed by atoms with Crippen LogP contribution in [0.5, 0.6) is 5.75 Å². The quantitative estimate of drug-likeness (QED) is 0.759. The number of alkyl halides is 4. The van der Waals surface area contributed by atoms with Crippen molar-refractivity contribution in [3.05, 3.63) is 24.0 Å². The van der Waals surface area contributed by atoms with Gasteiger partial charge in [0.15, 0.2) is 5.75 Å². The Kier molecular flexibility index (Phi) is 3.13. The second-order valence-corrected chi connectivity index (χ2v) is 2.69. The molecule has 0 atom stereocenters. The van der Waals surface area contributed by atoms with Gasteiger partial charge in [0.25, 0.3) is 0 Å². The summed E-state index contributed by atoms with van der Waals surface area (Å²) >= 11 is 3.01. The van der Waals surface area contributed by atoms with Crippen molar-refractivity contribution < 1.29 is 17.9 Å². The van der Waals surface area contributed by atoms with Crippen molar-refractivity contribution in [1.82, 2.24) is 4.98 Å². The van der Waals surface area contributed by atoms with Crippen LogP contribution in [0.1, 0.15) is 5.69 Å². The predicted octanol–water partition coefficient (Wildman–Crippen LogP) is 2.88. The maximum atomic E-state index is 11.8. The lowest BCUT2D eigenvalue weighted by atomic mass is 10.3. The molecular formula is C7H5BrF3NO. The lowest BCUT2D eigenvalue weighted by Crippen LogP contribution is -2.18. The highest BCUT2D eigenvalue weighted by atomic mass is 79.9. The first-order valence-corrected chi connectivity index (χ1v) is 4.40. The summed E-state index contributed by atoms with van der Waals surface area (Å²) in [5.41, 5.74) is 0.222. The van der Waals surface area contributed by atoms with E-state index in [1.54, 1.807) is 0 Å². The summed E-state index contributed by atoms with van der Waals surface area (Å²) in [6.45, 7) is 0. The second-order valence-electron chi connectivity index (χ2n) is 2.13.